The predicted octanol–water partition coefficient (Wildman–Crippen LogP) is 3.01. The van der Waals surface area contributed by atoms with E-state index in [2.05, 4.69) is 0 Å². The van der Waals surface area contributed by atoms with Crippen molar-refractivity contribution in [3.8, 4) is 0 Å². The average molecular weight is 239 g/mol. The molecule has 0 atom stereocenters. The van der Waals surface area contributed by atoms with Crippen LogP contribution >= 0.6 is 0 Å². The van der Waals surface area contributed by atoms with E-state index in [0.717, 1.165) is 6.07 Å². The number of halogens is 1. The monoisotopic (exact) mass is 239 g/mol. The Morgan fingerprint density at radius 1 is 1.41 bits per heavy atom. The molecule has 0 saturated heterocycles. The third kappa shape index (κ3) is 3.44. The number of benzene rings is 1. The molecule has 0 spiro atoms. The SMILES string of the molecule is CN(CC(C)(C)C)c1cccc(F)c1C(=O)O. The zero-order chi connectivity index (χ0) is 13.2. The van der Waals surface area contributed by atoms with Crippen LogP contribution in [0.4, 0.5) is 10.1 Å². The van der Waals surface area contributed by atoms with Gasteiger partial charge in [0.1, 0.15) is 11.4 Å². The van der Waals surface area contributed by atoms with Gasteiger partial charge in [0, 0.05) is 13.6 Å². The smallest absolute Gasteiger partial charge is 0.340 e. The predicted molar refractivity (Wildman–Crippen MR) is 66.1 cm³/mol. The molecule has 17 heavy (non-hydrogen) atoms. The number of hydrogen-bond donors (Lipinski definition) is 1. The molecule has 0 unspecified atom stereocenters. The minimum absolute atomic E-state index is 0.0108. The average Bonchev–Trinajstić information content (AvgIpc) is 2.13. The molecule has 94 valence electrons. The van der Waals surface area contributed by atoms with Crippen molar-refractivity contribution in [1.82, 2.24) is 0 Å². The van der Waals surface area contributed by atoms with Gasteiger partial charge >= 0.3 is 5.97 Å². The topological polar surface area (TPSA) is 40.5 Å². The highest BCUT2D eigenvalue weighted by molar-refractivity contribution is 5.94. The summed E-state index contributed by atoms with van der Waals surface area (Å²) < 4.78 is 13.5. The zero-order valence-corrected chi connectivity index (χ0v) is 10.6. The molecule has 0 aliphatic carbocycles. The van der Waals surface area contributed by atoms with E-state index >= 15 is 0 Å². The molecule has 0 aliphatic heterocycles. The van der Waals surface area contributed by atoms with E-state index in [0.29, 0.717) is 12.2 Å². The van der Waals surface area contributed by atoms with Crippen molar-refractivity contribution < 1.29 is 14.3 Å². The van der Waals surface area contributed by atoms with Crippen LogP contribution in [0.15, 0.2) is 18.2 Å². The number of carbonyl (C=O) groups is 1. The van der Waals surface area contributed by atoms with Crippen LogP contribution in [-0.2, 0) is 0 Å². The molecule has 1 N–H and O–H groups in total. The van der Waals surface area contributed by atoms with Crippen molar-refractivity contribution in [2.24, 2.45) is 5.41 Å². The maximum Gasteiger partial charge on any atom is 0.340 e. The summed E-state index contributed by atoms with van der Waals surface area (Å²) in [5, 5.41) is 9.03. The second-order valence-corrected chi connectivity index (χ2v) is 5.36. The summed E-state index contributed by atoms with van der Waals surface area (Å²) in [5.74, 6) is -1.94. The van der Waals surface area contributed by atoms with Crippen molar-refractivity contribution in [3.05, 3.63) is 29.6 Å². The lowest BCUT2D eigenvalue weighted by molar-refractivity contribution is 0.0692. The van der Waals surface area contributed by atoms with Crippen LogP contribution in [0.1, 0.15) is 31.1 Å². The normalized spacial score (nSPS) is 11.4. The highest BCUT2D eigenvalue weighted by atomic mass is 19.1. The van der Waals surface area contributed by atoms with Crippen molar-refractivity contribution in [1.29, 1.82) is 0 Å². The summed E-state index contributed by atoms with van der Waals surface area (Å²) in [4.78, 5) is 12.8. The van der Waals surface area contributed by atoms with Gasteiger partial charge in [0.15, 0.2) is 0 Å². The zero-order valence-electron chi connectivity index (χ0n) is 10.6. The Labute approximate surface area is 101 Å². The van der Waals surface area contributed by atoms with Gasteiger partial charge in [0.05, 0.1) is 5.69 Å². The second-order valence-electron chi connectivity index (χ2n) is 5.36. The Morgan fingerprint density at radius 2 is 2.00 bits per heavy atom. The van der Waals surface area contributed by atoms with Crippen LogP contribution in [0, 0.1) is 11.2 Å². The Morgan fingerprint density at radius 3 is 2.47 bits per heavy atom. The summed E-state index contributed by atoms with van der Waals surface area (Å²) in [6.45, 7) is 6.78. The minimum atomic E-state index is -1.24. The first-order valence-corrected chi connectivity index (χ1v) is 5.45. The van der Waals surface area contributed by atoms with Gasteiger partial charge in [0.25, 0.3) is 0 Å². The number of hydrogen-bond acceptors (Lipinski definition) is 2. The van der Waals surface area contributed by atoms with Gasteiger partial charge in [-0.05, 0) is 17.5 Å². The standard InChI is InChI=1S/C13H18FNO2/c1-13(2,3)8-15(4)10-7-5-6-9(14)11(10)12(16)17/h5-7H,8H2,1-4H3,(H,16,17). The Hall–Kier alpha value is -1.58. The highest BCUT2D eigenvalue weighted by Crippen LogP contribution is 2.25. The molecule has 0 aromatic heterocycles. The Kier molecular flexibility index (Phi) is 3.76. The largest absolute Gasteiger partial charge is 0.478 e. The first-order valence-electron chi connectivity index (χ1n) is 5.45. The second kappa shape index (κ2) is 4.73. The highest BCUT2D eigenvalue weighted by Gasteiger charge is 2.21. The van der Waals surface area contributed by atoms with Gasteiger partial charge in [-0.15, -0.1) is 0 Å². The summed E-state index contributed by atoms with van der Waals surface area (Å²) >= 11 is 0. The number of aromatic carboxylic acids is 1. The van der Waals surface area contributed by atoms with Crippen molar-refractivity contribution in [2.75, 3.05) is 18.5 Å². The molecule has 1 aromatic carbocycles. The molecule has 1 rings (SSSR count). The molecule has 0 fully saturated rings. The summed E-state index contributed by atoms with van der Waals surface area (Å²) in [6, 6.07) is 4.31. The van der Waals surface area contributed by atoms with E-state index < -0.39 is 11.8 Å². The van der Waals surface area contributed by atoms with Crippen LogP contribution < -0.4 is 4.90 Å². The summed E-state index contributed by atoms with van der Waals surface area (Å²) in [7, 11) is 1.77. The molecular formula is C13H18FNO2. The molecule has 3 nitrogen and oxygen atoms in total. The van der Waals surface area contributed by atoms with Gasteiger partial charge in [-0.2, -0.15) is 0 Å². The number of carboxylic acid groups (broad SMARTS) is 1. The number of carboxylic acids is 1. The van der Waals surface area contributed by atoms with E-state index in [-0.39, 0.29) is 11.0 Å². The van der Waals surface area contributed by atoms with Gasteiger partial charge in [-0.1, -0.05) is 26.8 Å². The molecule has 0 saturated carbocycles. The van der Waals surface area contributed by atoms with E-state index in [9.17, 15) is 9.18 Å². The molecule has 4 heteroatoms. The molecule has 0 radical (unpaired) electrons. The van der Waals surface area contributed by atoms with Crippen LogP contribution in [0.5, 0.6) is 0 Å². The summed E-state index contributed by atoms with van der Waals surface area (Å²) in [5.41, 5.74) is 0.156. The fourth-order valence-electron chi connectivity index (χ4n) is 1.84. The van der Waals surface area contributed by atoms with Crippen LogP contribution in [0.3, 0.4) is 0 Å². The van der Waals surface area contributed by atoms with Crippen molar-refractivity contribution in [2.45, 2.75) is 20.8 Å². The number of rotatable bonds is 3. The lowest BCUT2D eigenvalue weighted by Crippen LogP contribution is -2.30. The quantitative estimate of drug-likeness (QED) is 0.881. The Bertz CT molecular complexity index is 424. The lowest BCUT2D eigenvalue weighted by atomic mass is 9.95. The molecule has 0 bridgehead atoms. The number of nitrogens with zero attached hydrogens (tertiary/aromatic N) is 1. The van der Waals surface area contributed by atoms with E-state index in [1.165, 1.54) is 6.07 Å². The van der Waals surface area contributed by atoms with Crippen molar-refractivity contribution in [3.63, 3.8) is 0 Å². The molecule has 0 heterocycles. The molecule has 0 aliphatic rings. The minimum Gasteiger partial charge on any atom is -0.478 e. The molecule has 1 aromatic rings. The maximum absolute atomic E-state index is 13.5. The molecule has 0 amide bonds. The van der Waals surface area contributed by atoms with Gasteiger partial charge in [-0.25, -0.2) is 9.18 Å². The number of anilines is 1. The third-order valence-electron chi connectivity index (χ3n) is 2.33. The Balaban J connectivity index is 3.13. The van der Waals surface area contributed by atoms with Crippen LogP contribution in [-0.4, -0.2) is 24.7 Å². The first-order chi connectivity index (χ1) is 7.72. The third-order valence-corrected chi connectivity index (χ3v) is 2.33. The lowest BCUT2D eigenvalue weighted by Gasteiger charge is -2.29. The summed E-state index contributed by atoms with van der Waals surface area (Å²) in [6.07, 6.45) is 0. The van der Waals surface area contributed by atoms with Gasteiger partial charge in [-0.3, -0.25) is 0 Å². The fourth-order valence-corrected chi connectivity index (χ4v) is 1.84. The first kappa shape index (κ1) is 13.5. The van der Waals surface area contributed by atoms with Crippen LogP contribution in [0.25, 0.3) is 0 Å². The van der Waals surface area contributed by atoms with E-state index in [1.807, 2.05) is 20.8 Å². The fraction of sp³-hybridized carbons (Fsp3) is 0.462. The van der Waals surface area contributed by atoms with Gasteiger partial charge in [0.2, 0.25) is 0 Å². The van der Waals surface area contributed by atoms with Crippen molar-refractivity contribution >= 4 is 11.7 Å². The van der Waals surface area contributed by atoms with E-state index in [4.69, 9.17) is 5.11 Å². The van der Waals surface area contributed by atoms with Crippen LogP contribution in [0.2, 0.25) is 0 Å². The maximum atomic E-state index is 13.5. The van der Waals surface area contributed by atoms with Gasteiger partial charge < -0.3 is 10.0 Å². The molecular weight excluding hydrogens is 221 g/mol. The van der Waals surface area contributed by atoms with E-state index in [1.54, 1.807) is 18.0 Å².